The minimum atomic E-state index is -1.23. The summed E-state index contributed by atoms with van der Waals surface area (Å²) in [6.07, 6.45) is 9.83. The molecule has 1 amide bonds. The van der Waals surface area contributed by atoms with Gasteiger partial charge in [-0.25, -0.2) is 0 Å². The Morgan fingerprint density at radius 2 is 2.03 bits per heavy atom. The number of ether oxygens (including phenoxy) is 1. The summed E-state index contributed by atoms with van der Waals surface area (Å²) in [5.41, 5.74) is 2.29. The Balaban J connectivity index is 1.29. The lowest BCUT2D eigenvalue weighted by atomic mass is 9.47. The Morgan fingerprint density at radius 1 is 1.18 bits per heavy atom. The van der Waals surface area contributed by atoms with Crippen LogP contribution in [0.4, 0.5) is 0 Å². The second-order valence-electron chi connectivity index (χ2n) is 11.5. The Bertz CT molecular complexity index is 1420. The number of hydrogen-bond acceptors (Lipinski definition) is 6. The Labute approximate surface area is 228 Å². The van der Waals surface area contributed by atoms with Gasteiger partial charge in [0, 0.05) is 36.8 Å². The van der Waals surface area contributed by atoms with E-state index in [9.17, 15) is 15.0 Å². The van der Waals surface area contributed by atoms with E-state index in [-0.39, 0.29) is 23.8 Å². The highest BCUT2D eigenvalue weighted by molar-refractivity contribution is 5.92. The van der Waals surface area contributed by atoms with Crippen molar-refractivity contribution < 1.29 is 24.2 Å². The molecule has 2 aliphatic heterocycles. The summed E-state index contributed by atoms with van der Waals surface area (Å²) in [6.45, 7) is 1.66. The number of hydrogen-bond donors (Lipinski definition) is 2. The molecule has 1 aromatic heterocycles. The molecule has 3 aromatic rings. The Kier molecular flexibility index (Phi) is 5.65. The number of amides is 1. The highest BCUT2D eigenvalue weighted by Gasteiger charge is 2.74. The molecule has 1 saturated heterocycles. The first-order chi connectivity index (χ1) is 18.9. The molecule has 0 radical (unpaired) electrons. The van der Waals surface area contributed by atoms with Gasteiger partial charge in [-0.3, -0.25) is 9.69 Å². The van der Waals surface area contributed by atoms with E-state index in [0.29, 0.717) is 31.4 Å². The van der Waals surface area contributed by atoms with Crippen molar-refractivity contribution in [2.45, 2.75) is 61.3 Å². The largest absolute Gasteiger partial charge is 0.504 e. The van der Waals surface area contributed by atoms with Crippen LogP contribution in [-0.4, -0.2) is 69.8 Å². The highest BCUT2D eigenvalue weighted by atomic mass is 16.5. The van der Waals surface area contributed by atoms with Crippen LogP contribution in [0.2, 0.25) is 0 Å². The summed E-state index contributed by atoms with van der Waals surface area (Å²) in [5.74, 6) is 0.509. The van der Waals surface area contributed by atoms with Crippen LogP contribution in [0.3, 0.4) is 0 Å². The Hall–Kier alpha value is -3.55. The first-order valence-corrected chi connectivity index (χ1v) is 13.9. The number of likely N-dealkylation sites (N-methyl/N-ethyl adjacent to an activating group) is 1. The van der Waals surface area contributed by atoms with Gasteiger partial charge in [-0.2, -0.15) is 0 Å². The average Bonchev–Trinajstić information content (AvgIpc) is 3.58. The molecule has 202 valence electrons. The van der Waals surface area contributed by atoms with E-state index >= 15 is 0 Å². The zero-order chi connectivity index (χ0) is 26.8. The molecule has 1 spiro atoms. The van der Waals surface area contributed by atoms with Crippen LogP contribution in [0.1, 0.15) is 41.5 Å². The molecule has 7 rings (SSSR count). The second kappa shape index (κ2) is 9.00. The molecular weight excluding hydrogens is 492 g/mol. The lowest BCUT2D eigenvalue weighted by Gasteiger charge is -2.66. The van der Waals surface area contributed by atoms with Crippen molar-refractivity contribution in [1.29, 1.82) is 0 Å². The maximum atomic E-state index is 13.5. The van der Waals surface area contributed by atoms with E-state index in [4.69, 9.17) is 9.15 Å². The number of aromatic hydroxyl groups is 1. The minimum Gasteiger partial charge on any atom is -0.504 e. The number of rotatable bonds is 6. The van der Waals surface area contributed by atoms with Gasteiger partial charge in [-0.1, -0.05) is 36.4 Å². The molecule has 2 fully saturated rings. The van der Waals surface area contributed by atoms with Crippen LogP contribution < -0.4 is 4.74 Å². The van der Waals surface area contributed by atoms with Crippen molar-refractivity contribution in [2.24, 2.45) is 0 Å². The number of phenols is 1. The summed E-state index contributed by atoms with van der Waals surface area (Å²) < 4.78 is 11.6. The SMILES string of the molecule is CN(C(=O)/C=C/c1ccoc1)C1CCC2Oc3c(O)ccc4c3[C@@]23CCN(CCc2ccccc2)[C@H](C4)[C@]13O. The van der Waals surface area contributed by atoms with E-state index in [1.807, 2.05) is 12.1 Å². The molecule has 4 aliphatic rings. The average molecular weight is 527 g/mol. The molecule has 7 heteroatoms. The predicted octanol–water partition coefficient (Wildman–Crippen LogP) is 3.92. The first-order valence-electron chi connectivity index (χ1n) is 13.9. The zero-order valence-electron chi connectivity index (χ0n) is 22.1. The van der Waals surface area contributed by atoms with Gasteiger partial charge in [-0.05, 0) is 68.0 Å². The highest BCUT2D eigenvalue weighted by Crippen LogP contribution is 2.65. The van der Waals surface area contributed by atoms with Crippen molar-refractivity contribution >= 4 is 12.0 Å². The van der Waals surface area contributed by atoms with Crippen molar-refractivity contribution in [3.05, 3.63) is 89.4 Å². The van der Waals surface area contributed by atoms with Gasteiger partial charge < -0.3 is 24.3 Å². The fraction of sp³-hybridized carbons (Fsp3) is 0.406. The predicted molar refractivity (Wildman–Crippen MR) is 147 cm³/mol. The number of carbonyl (C=O) groups excluding carboxylic acids is 1. The zero-order valence-corrected chi connectivity index (χ0v) is 22.1. The molecular formula is C32H34N2O5. The van der Waals surface area contributed by atoms with E-state index < -0.39 is 17.1 Å². The number of nitrogens with zero attached hydrogens (tertiary/aromatic N) is 2. The van der Waals surface area contributed by atoms with Crippen LogP contribution in [0.25, 0.3) is 6.08 Å². The maximum absolute atomic E-state index is 13.5. The van der Waals surface area contributed by atoms with E-state index in [2.05, 4.69) is 29.2 Å². The fourth-order valence-electron chi connectivity index (χ4n) is 8.12. The van der Waals surface area contributed by atoms with Crippen molar-refractivity contribution in [1.82, 2.24) is 9.80 Å². The lowest BCUT2D eigenvalue weighted by Crippen LogP contribution is -2.81. The minimum absolute atomic E-state index is 0.133. The molecule has 1 saturated carbocycles. The summed E-state index contributed by atoms with van der Waals surface area (Å²) >= 11 is 0. The van der Waals surface area contributed by atoms with Gasteiger partial charge in [0.05, 0.1) is 24.0 Å². The standard InChI is InChI=1S/C32H34N2O5/c1-33(28(36)12-7-22-14-18-38-20-22)25-10-11-27-31-15-17-34(16-13-21-5-3-2-4-6-21)26(32(25,31)37)19-23-8-9-24(35)30(39-27)29(23)31/h2-9,12,14,18,20,25-27,35,37H,10-11,13,15-17,19H2,1H3/b12-7+/t25?,26-,27?,31-,32-/m1/s1. The normalized spacial score (nSPS) is 30.7. The first kappa shape index (κ1) is 24.5. The molecule has 7 nitrogen and oxygen atoms in total. The third-order valence-electron chi connectivity index (χ3n) is 9.87. The van der Waals surface area contributed by atoms with E-state index in [1.165, 1.54) is 5.56 Å². The van der Waals surface area contributed by atoms with Gasteiger partial charge in [-0.15, -0.1) is 0 Å². The maximum Gasteiger partial charge on any atom is 0.246 e. The quantitative estimate of drug-likeness (QED) is 0.474. The smallest absolute Gasteiger partial charge is 0.246 e. The van der Waals surface area contributed by atoms with Crippen molar-refractivity contribution in [2.75, 3.05) is 20.1 Å². The van der Waals surface area contributed by atoms with Crippen molar-refractivity contribution in [3.63, 3.8) is 0 Å². The van der Waals surface area contributed by atoms with E-state index in [1.54, 1.807) is 48.8 Å². The number of carbonyl (C=O) groups is 1. The molecule has 2 aromatic carbocycles. The Morgan fingerprint density at radius 3 is 2.82 bits per heavy atom. The molecule has 5 atom stereocenters. The summed E-state index contributed by atoms with van der Waals surface area (Å²) in [6, 6.07) is 15.4. The summed E-state index contributed by atoms with van der Waals surface area (Å²) in [5, 5.41) is 23.9. The van der Waals surface area contributed by atoms with Gasteiger partial charge in [0.1, 0.15) is 11.7 Å². The van der Waals surface area contributed by atoms with Gasteiger partial charge >= 0.3 is 0 Å². The topological polar surface area (TPSA) is 86.4 Å². The third kappa shape index (κ3) is 3.46. The lowest BCUT2D eigenvalue weighted by molar-refractivity contribution is -0.216. The molecule has 3 heterocycles. The van der Waals surface area contributed by atoms with Crippen LogP contribution in [-0.2, 0) is 23.1 Å². The number of piperidine rings is 1. The number of furan rings is 1. The number of aliphatic hydroxyl groups is 1. The summed E-state index contributed by atoms with van der Waals surface area (Å²) in [4.78, 5) is 17.6. The number of benzene rings is 2. The number of phenolic OH excluding ortho intramolecular Hbond substituents is 1. The van der Waals surface area contributed by atoms with Crippen LogP contribution >= 0.6 is 0 Å². The summed E-state index contributed by atoms with van der Waals surface area (Å²) in [7, 11) is 1.81. The molecule has 2 bridgehead atoms. The molecule has 2 aliphatic carbocycles. The number of likely N-dealkylation sites (tertiary alicyclic amines) is 1. The van der Waals surface area contributed by atoms with E-state index in [0.717, 1.165) is 36.2 Å². The fourth-order valence-corrected chi connectivity index (χ4v) is 8.12. The third-order valence-corrected chi connectivity index (χ3v) is 9.87. The molecule has 2 unspecified atom stereocenters. The van der Waals surface area contributed by atoms with Gasteiger partial charge in [0.25, 0.3) is 0 Å². The van der Waals surface area contributed by atoms with Gasteiger partial charge in [0.2, 0.25) is 5.91 Å². The monoisotopic (exact) mass is 526 g/mol. The molecule has 2 N–H and O–H groups in total. The second-order valence-corrected chi connectivity index (χ2v) is 11.5. The van der Waals surface area contributed by atoms with Crippen molar-refractivity contribution in [3.8, 4) is 11.5 Å². The van der Waals surface area contributed by atoms with Gasteiger partial charge in [0.15, 0.2) is 11.5 Å². The molecule has 39 heavy (non-hydrogen) atoms. The van der Waals surface area contributed by atoms with Crippen LogP contribution in [0.5, 0.6) is 11.5 Å². The van der Waals surface area contributed by atoms with Crippen LogP contribution in [0, 0.1) is 0 Å². The van der Waals surface area contributed by atoms with Crippen LogP contribution in [0.15, 0.2) is 71.6 Å².